The van der Waals surface area contributed by atoms with Gasteiger partial charge in [0.05, 0.1) is 6.26 Å². The molecule has 0 aromatic heterocycles. The van der Waals surface area contributed by atoms with E-state index in [1.807, 2.05) is 24.3 Å². The van der Waals surface area contributed by atoms with Gasteiger partial charge in [-0.3, -0.25) is 0 Å². The summed E-state index contributed by atoms with van der Waals surface area (Å²) in [5, 5.41) is 3.18. The third-order valence-corrected chi connectivity index (χ3v) is 4.90. The minimum absolute atomic E-state index is 0. The summed E-state index contributed by atoms with van der Waals surface area (Å²) in [5.41, 5.74) is 0.582. The van der Waals surface area contributed by atoms with E-state index in [2.05, 4.69) is 5.32 Å². The van der Waals surface area contributed by atoms with E-state index in [0.29, 0.717) is 37.5 Å². The fourth-order valence-electron chi connectivity index (χ4n) is 2.91. The standard InChI is InChI=1S/C19H21F3N2O4S.ClH/c1-29(25,26)24-18(19(20,21)22)14-8-6-13(7-9-14)10-23-11-15-12-27-16-4-2-3-5-17(16)28-15;/h2-9,15,18,23-24H,10-12H2,1H3;1H/t15?,18-;/m0./s1. The number of fused-ring (bicyclic) bond motifs is 1. The number of sulfonamides is 1. The van der Waals surface area contributed by atoms with Crippen LogP contribution in [-0.2, 0) is 16.6 Å². The zero-order valence-corrected chi connectivity index (χ0v) is 17.6. The second kappa shape index (κ2) is 9.86. The first-order valence-corrected chi connectivity index (χ1v) is 10.7. The summed E-state index contributed by atoms with van der Waals surface area (Å²) >= 11 is 0. The first kappa shape index (κ1) is 24.3. The first-order chi connectivity index (χ1) is 13.6. The summed E-state index contributed by atoms with van der Waals surface area (Å²) in [6.07, 6.45) is -4.23. The van der Waals surface area contributed by atoms with Gasteiger partial charge in [0.2, 0.25) is 10.0 Å². The lowest BCUT2D eigenvalue weighted by atomic mass is 10.1. The number of nitrogens with one attached hydrogen (secondary N) is 2. The van der Waals surface area contributed by atoms with E-state index in [0.717, 1.165) is 5.56 Å². The van der Waals surface area contributed by atoms with E-state index in [1.165, 1.54) is 24.3 Å². The van der Waals surface area contributed by atoms with Gasteiger partial charge in [0.15, 0.2) is 11.5 Å². The van der Waals surface area contributed by atoms with E-state index >= 15 is 0 Å². The summed E-state index contributed by atoms with van der Waals surface area (Å²) in [6, 6.07) is 10.7. The third-order valence-electron chi connectivity index (χ3n) is 4.24. The molecule has 6 nitrogen and oxygen atoms in total. The quantitative estimate of drug-likeness (QED) is 0.655. The van der Waals surface area contributed by atoms with Crippen molar-refractivity contribution in [3.8, 4) is 11.5 Å². The smallest absolute Gasteiger partial charge is 0.408 e. The molecule has 166 valence electrons. The maximum atomic E-state index is 13.2. The normalized spacial score (nSPS) is 17.1. The Morgan fingerprint density at radius 2 is 1.73 bits per heavy atom. The van der Waals surface area contributed by atoms with Crippen molar-refractivity contribution < 1.29 is 31.1 Å². The van der Waals surface area contributed by atoms with Crippen LogP contribution in [0.4, 0.5) is 13.2 Å². The molecule has 1 aliphatic rings. The minimum Gasteiger partial charge on any atom is -0.486 e. The molecule has 30 heavy (non-hydrogen) atoms. The molecule has 2 N–H and O–H groups in total. The van der Waals surface area contributed by atoms with E-state index in [9.17, 15) is 21.6 Å². The van der Waals surface area contributed by atoms with Gasteiger partial charge in [-0.1, -0.05) is 36.4 Å². The van der Waals surface area contributed by atoms with Gasteiger partial charge in [0.25, 0.3) is 0 Å². The lowest BCUT2D eigenvalue weighted by molar-refractivity contribution is -0.153. The van der Waals surface area contributed by atoms with Crippen LogP contribution in [0.25, 0.3) is 0 Å². The average Bonchev–Trinajstić information content (AvgIpc) is 2.65. The molecule has 0 amide bonds. The van der Waals surface area contributed by atoms with Crippen LogP contribution in [0.15, 0.2) is 48.5 Å². The maximum absolute atomic E-state index is 13.2. The van der Waals surface area contributed by atoms with Crippen LogP contribution in [-0.4, -0.2) is 40.1 Å². The van der Waals surface area contributed by atoms with Crippen molar-refractivity contribution in [1.82, 2.24) is 10.0 Å². The van der Waals surface area contributed by atoms with Gasteiger partial charge in [-0.25, -0.2) is 8.42 Å². The number of ether oxygens (including phenoxy) is 2. The van der Waals surface area contributed by atoms with Gasteiger partial charge in [-0.15, -0.1) is 12.4 Å². The highest BCUT2D eigenvalue weighted by molar-refractivity contribution is 7.88. The number of para-hydroxylation sites is 2. The molecular formula is C19H22ClF3N2O4S. The topological polar surface area (TPSA) is 76.7 Å². The van der Waals surface area contributed by atoms with Crippen LogP contribution in [0.5, 0.6) is 11.5 Å². The lowest BCUT2D eigenvalue weighted by Crippen LogP contribution is -2.38. The van der Waals surface area contributed by atoms with Crippen molar-refractivity contribution in [3.63, 3.8) is 0 Å². The molecule has 1 unspecified atom stereocenters. The number of halogens is 4. The number of rotatable bonds is 7. The Hall–Kier alpha value is -2.01. The van der Waals surface area contributed by atoms with Crippen molar-refractivity contribution in [2.24, 2.45) is 0 Å². The van der Waals surface area contributed by atoms with Crippen LogP contribution in [0.2, 0.25) is 0 Å². The number of hydrogen-bond donors (Lipinski definition) is 2. The Bertz CT molecular complexity index is 940. The number of hydrogen-bond acceptors (Lipinski definition) is 5. The zero-order chi connectivity index (χ0) is 21.1. The minimum atomic E-state index is -4.74. The Labute approximate surface area is 179 Å². The first-order valence-electron chi connectivity index (χ1n) is 8.84. The summed E-state index contributed by atoms with van der Waals surface area (Å²) in [6.45, 7) is 1.31. The number of alkyl halides is 3. The Morgan fingerprint density at radius 3 is 2.33 bits per heavy atom. The van der Waals surface area contributed by atoms with Gasteiger partial charge < -0.3 is 14.8 Å². The molecule has 3 rings (SSSR count). The van der Waals surface area contributed by atoms with E-state index in [1.54, 1.807) is 4.72 Å². The zero-order valence-electron chi connectivity index (χ0n) is 16.0. The summed E-state index contributed by atoms with van der Waals surface area (Å²) < 4.78 is 75.1. The predicted octanol–water partition coefficient (Wildman–Crippen LogP) is 3.19. The van der Waals surface area contributed by atoms with Crippen LogP contribution in [0.1, 0.15) is 17.2 Å². The van der Waals surface area contributed by atoms with Gasteiger partial charge in [-0.05, 0) is 23.3 Å². The monoisotopic (exact) mass is 466 g/mol. The van der Waals surface area contributed by atoms with E-state index in [-0.39, 0.29) is 24.1 Å². The molecular weight excluding hydrogens is 445 g/mol. The molecule has 2 aromatic carbocycles. The van der Waals surface area contributed by atoms with Crippen molar-refractivity contribution in [1.29, 1.82) is 0 Å². The molecule has 1 aliphatic heterocycles. The van der Waals surface area contributed by atoms with Crippen LogP contribution in [0, 0.1) is 0 Å². The average molecular weight is 467 g/mol. The maximum Gasteiger partial charge on any atom is 0.408 e. The molecule has 2 atom stereocenters. The molecule has 11 heteroatoms. The molecule has 1 heterocycles. The lowest BCUT2D eigenvalue weighted by Gasteiger charge is -2.26. The highest BCUT2D eigenvalue weighted by Gasteiger charge is 2.42. The third kappa shape index (κ3) is 6.76. The second-order valence-corrected chi connectivity index (χ2v) is 8.51. The highest BCUT2D eigenvalue weighted by Crippen LogP contribution is 2.33. The summed E-state index contributed by atoms with van der Waals surface area (Å²) in [4.78, 5) is 0. The molecule has 2 aromatic rings. The second-order valence-electron chi connectivity index (χ2n) is 6.73. The molecule has 0 bridgehead atoms. The highest BCUT2D eigenvalue weighted by atomic mass is 35.5. The SMILES string of the molecule is CS(=O)(=O)N[C@@H](c1ccc(CNCC2COc3ccccc3O2)cc1)C(F)(F)F.Cl. The summed E-state index contributed by atoms with van der Waals surface area (Å²) in [5.74, 6) is 1.37. The molecule has 0 aliphatic carbocycles. The van der Waals surface area contributed by atoms with E-state index < -0.39 is 22.2 Å². The van der Waals surface area contributed by atoms with Crippen LogP contribution < -0.4 is 19.5 Å². The van der Waals surface area contributed by atoms with Crippen LogP contribution >= 0.6 is 12.4 Å². The fraction of sp³-hybridized carbons (Fsp3) is 0.368. The largest absolute Gasteiger partial charge is 0.486 e. The van der Waals surface area contributed by atoms with E-state index in [4.69, 9.17) is 9.47 Å². The van der Waals surface area contributed by atoms with Gasteiger partial charge in [0.1, 0.15) is 18.8 Å². The molecule has 0 saturated carbocycles. The Balaban J connectivity index is 0.00000320. The van der Waals surface area contributed by atoms with Crippen LogP contribution in [0.3, 0.4) is 0 Å². The van der Waals surface area contributed by atoms with Crippen molar-refractivity contribution >= 4 is 22.4 Å². The Morgan fingerprint density at radius 1 is 1.10 bits per heavy atom. The predicted molar refractivity (Wildman–Crippen MR) is 109 cm³/mol. The number of benzene rings is 2. The van der Waals surface area contributed by atoms with Gasteiger partial charge in [-0.2, -0.15) is 17.9 Å². The Kier molecular flexibility index (Phi) is 7.98. The molecule has 0 fully saturated rings. The van der Waals surface area contributed by atoms with Crippen molar-refractivity contribution in [2.75, 3.05) is 19.4 Å². The van der Waals surface area contributed by atoms with Crippen molar-refractivity contribution in [2.45, 2.75) is 24.9 Å². The fourth-order valence-corrected chi connectivity index (χ4v) is 3.60. The molecule has 0 spiro atoms. The van der Waals surface area contributed by atoms with Gasteiger partial charge >= 0.3 is 6.18 Å². The van der Waals surface area contributed by atoms with Gasteiger partial charge in [0, 0.05) is 13.1 Å². The van der Waals surface area contributed by atoms with Crippen molar-refractivity contribution in [3.05, 3.63) is 59.7 Å². The molecule has 0 saturated heterocycles. The summed E-state index contributed by atoms with van der Waals surface area (Å²) in [7, 11) is -4.02. The molecule has 0 radical (unpaired) electrons.